The van der Waals surface area contributed by atoms with E-state index in [1.165, 1.54) is 0 Å². The number of methoxy groups -OCH3 is 1. The molecule has 0 aromatic carbocycles. The summed E-state index contributed by atoms with van der Waals surface area (Å²) in [5.41, 5.74) is 5.34. The second kappa shape index (κ2) is 6.86. The average molecular weight is 188 g/mol. The Balaban J connectivity index is 3.71. The van der Waals surface area contributed by atoms with Crippen LogP contribution in [0.4, 0.5) is 0 Å². The van der Waals surface area contributed by atoms with Crippen LogP contribution in [0.2, 0.25) is 0 Å². The van der Waals surface area contributed by atoms with E-state index in [2.05, 4.69) is 0 Å². The molecule has 0 saturated heterocycles. The van der Waals surface area contributed by atoms with Crippen LogP contribution in [0.3, 0.4) is 0 Å². The lowest BCUT2D eigenvalue weighted by atomic mass is 10.1. The Morgan fingerprint density at radius 1 is 1.62 bits per heavy atom. The highest BCUT2D eigenvalue weighted by Crippen LogP contribution is 2.04. The summed E-state index contributed by atoms with van der Waals surface area (Å²) in [5.74, 6) is 0.410. The molecule has 0 saturated carbocycles. The summed E-state index contributed by atoms with van der Waals surface area (Å²) in [6.45, 7) is 3.76. The fraction of sp³-hybridized carbons (Fsp3) is 0.889. The van der Waals surface area contributed by atoms with Gasteiger partial charge in [0.05, 0.1) is 0 Å². The molecular weight excluding hydrogens is 168 g/mol. The topological polar surface area (TPSA) is 55.6 Å². The van der Waals surface area contributed by atoms with E-state index in [-0.39, 0.29) is 11.8 Å². The van der Waals surface area contributed by atoms with E-state index in [1.54, 1.807) is 19.1 Å². The molecule has 0 bridgehead atoms. The van der Waals surface area contributed by atoms with E-state index >= 15 is 0 Å². The first-order valence-corrected chi connectivity index (χ1v) is 4.54. The van der Waals surface area contributed by atoms with Gasteiger partial charge in [-0.05, 0) is 5.92 Å². The minimum atomic E-state index is 0.134. The Labute approximate surface area is 80.0 Å². The van der Waals surface area contributed by atoms with Gasteiger partial charge in [-0.15, -0.1) is 0 Å². The summed E-state index contributed by atoms with van der Waals surface area (Å²) in [6, 6.07) is 0. The molecule has 13 heavy (non-hydrogen) atoms. The highest BCUT2D eigenvalue weighted by Gasteiger charge is 2.12. The Morgan fingerprint density at radius 2 is 2.23 bits per heavy atom. The van der Waals surface area contributed by atoms with Gasteiger partial charge < -0.3 is 15.4 Å². The lowest BCUT2D eigenvalue weighted by Gasteiger charge is -2.18. The van der Waals surface area contributed by atoms with E-state index in [0.29, 0.717) is 26.1 Å². The number of carbonyl (C=O) groups is 1. The predicted molar refractivity (Wildman–Crippen MR) is 52.3 cm³/mol. The molecule has 0 fully saturated rings. The minimum absolute atomic E-state index is 0.134. The van der Waals surface area contributed by atoms with Gasteiger partial charge in [0.1, 0.15) is 0 Å². The fourth-order valence-electron chi connectivity index (χ4n) is 1.12. The number of amides is 1. The molecule has 1 unspecified atom stereocenters. The van der Waals surface area contributed by atoms with Crippen LogP contribution >= 0.6 is 0 Å². The fourth-order valence-corrected chi connectivity index (χ4v) is 1.12. The third-order valence-electron chi connectivity index (χ3n) is 1.86. The third-order valence-corrected chi connectivity index (χ3v) is 1.86. The Hall–Kier alpha value is -0.610. The normalized spacial score (nSPS) is 12.6. The molecule has 0 aliphatic heterocycles. The Bertz CT molecular complexity index is 151. The molecule has 1 atom stereocenters. The standard InChI is InChI=1S/C9H20N2O2/c1-8(7-13-3)6-9(12)11(2)5-4-10/h8H,4-7,10H2,1-3H3. The average Bonchev–Trinajstić information content (AvgIpc) is 2.05. The Morgan fingerprint density at radius 3 is 2.69 bits per heavy atom. The van der Waals surface area contributed by atoms with E-state index in [4.69, 9.17) is 10.5 Å². The molecule has 4 nitrogen and oxygen atoms in total. The summed E-state index contributed by atoms with van der Waals surface area (Å²) < 4.78 is 4.95. The van der Waals surface area contributed by atoms with Crippen molar-refractivity contribution in [2.75, 3.05) is 33.9 Å². The van der Waals surface area contributed by atoms with Crippen LogP contribution in [0.15, 0.2) is 0 Å². The maximum absolute atomic E-state index is 11.4. The monoisotopic (exact) mass is 188 g/mol. The summed E-state index contributed by atoms with van der Waals surface area (Å²) in [6.07, 6.45) is 0.532. The van der Waals surface area contributed by atoms with Crippen LogP contribution in [-0.2, 0) is 9.53 Å². The molecule has 0 aromatic rings. The van der Waals surface area contributed by atoms with Crippen molar-refractivity contribution in [2.45, 2.75) is 13.3 Å². The lowest BCUT2D eigenvalue weighted by molar-refractivity contribution is -0.131. The first kappa shape index (κ1) is 12.4. The van der Waals surface area contributed by atoms with Gasteiger partial charge in [0.2, 0.25) is 5.91 Å². The molecule has 2 N–H and O–H groups in total. The van der Waals surface area contributed by atoms with Crippen molar-refractivity contribution in [1.29, 1.82) is 0 Å². The summed E-state index contributed by atoms with van der Waals surface area (Å²) in [5, 5.41) is 0. The van der Waals surface area contributed by atoms with E-state index in [9.17, 15) is 4.79 Å². The van der Waals surface area contributed by atoms with Gasteiger partial charge in [-0.1, -0.05) is 6.92 Å². The minimum Gasteiger partial charge on any atom is -0.384 e. The first-order chi connectivity index (χ1) is 6.11. The van der Waals surface area contributed by atoms with Crippen molar-refractivity contribution >= 4 is 5.91 Å². The maximum atomic E-state index is 11.4. The number of likely N-dealkylation sites (N-methyl/N-ethyl adjacent to an activating group) is 1. The second-order valence-electron chi connectivity index (χ2n) is 3.37. The zero-order valence-electron chi connectivity index (χ0n) is 8.75. The van der Waals surface area contributed by atoms with Gasteiger partial charge in [-0.3, -0.25) is 4.79 Å². The Kier molecular flexibility index (Phi) is 6.54. The molecule has 78 valence electrons. The number of hydrogen-bond donors (Lipinski definition) is 1. The molecular formula is C9H20N2O2. The van der Waals surface area contributed by atoms with Crippen LogP contribution in [0.25, 0.3) is 0 Å². The van der Waals surface area contributed by atoms with Gasteiger partial charge in [0, 0.05) is 40.3 Å². The number of rotatable bonds is 6. The smallest absolute Gasteiger partial charge is 0.222 e. The molecule has 0 aliphatic rings. The number of ether oxygens (including phenoxy) is 1. The van der Waals surface area contributed by atoms with Crippen molar-refractivity contribution in [3.63, 3.8) is 0 Å². The molecule has 0 rings (SSSR count). The maximum Gasteiger partial charge on any atom is 0.222 e. The van der Waals surface area contributed by atoms with Crippen molar-refractivity contribution in [3.05, 3.63) is 0 Å². The predicted octanol–water partition coefficient (Wildman–Crippen LogP) is 0.0761. The number of nitrogens with zero attached hydrogens (tertiary/aromatic N) is 1. The third kappa shape index (κ3) is 5.60. The summed E-state index contributed by atoms with van der Waals surface area (Å²) in [7, 11) is 3.42. The van der Waals surface area contributed by atoms with Crippen LogP contribution < -0.4 is 5.73 Å². The van der Waals surface area contributed by atoms with Crippen LogP contribution in [0.1, 0.15) is 13.3 Å². The zero-order valence-corrected chi connectivity index (χ0v) is 8.75. The molecule has 0 radical (unpaired) electrons. The molecule has 0 heterocycles. The summed E-state index contributed by atoms with van der Waals surface area (Å²) in [4.78, 5) is 13.1. The van der Waals surface area contributed by atoms with Crippen molar-refractivity contribution in [2.24, 2.45) is 11.7 Å². The van der Waals surface area contributed by atoms with Crippen molar-refractivity contribution in [1.82, 2.24) is 4.90 Å². The van der Waals surface area contributed by atoms with Gasteiger partial charge in [-0.25, -0.2) is 0 Å². The number of nitrogens with two attached hydrogens (primary N) is 1. The van der Waals surface area contributed by atoms with Crippen LogP contribution in [0, 0.1) is 5.92 Å². The van der Waals surface area contributed by atoms with Crippen LogP contribution in [0.5, 0.6) is 0 Å². The quantitative estimate of drug-likeness (QED) is 0.642. The van der Waals surface area contributed by atoms with Gasteiger partial charge in [0.15, 0.2) is 0 Å². The molecule has 1 amide bonds. The lowest BCUT2D eigenvalue weighted by Crippen LogP contribution is -2.33. The zero-order chi connectivity index (χ0) is 10.3. The van der Waals surface area contributed by atoms with Gasteiger partial charge >= 0.3 is 0 Å². The molecule has 4 heteroatoms. The second-order valence-corrected chi connectivity index (χ2v) is 3.37. The highest BCUT2D eigenvalue weighted by molar-refractivity contribution is 5.76. The van der Waals surface area contributed by atoms with Crippen LogP contribution in [-0.4, -0.2) is 44.7 Å². The van der Waals surface area contributed by atoms with Crippen molar-refractivity contribution in [3.8, 4) is 0 Å². The van der Waals surface area contributed by atoms with E-state index < -0.39 is 0 Å². The largest absolute Gasteiger partial charge is 0.384 e. The van der Waals surface area contributed by atoms with Gasteiger partial charge in [0.25, 0.3) is 0 Å². The van der Waals surface area contributed by atoms with E-state index in [0.717, 1.165) is 0 Å². The highest BCUT2D eigenvalue weighted by atomic mass is 16.5. The number of carbonyl (C=O) groups excluding carboxylic acids is 1. The first-order valence-electron chi connectivity index (χ1n) is 4.54. The molecule has 0 aromatic heterocycles. The van der Waals surface area contributed by atoms with E-state index in [1.807, 2.05) is 6.92 Å². The molecule has 0 aliphatic carbocycles. The summed E-state index contributed by atoms with van der Waals surface area (Å²) >= 11 is 0. The van der Waals surface area contributed by atoms with Crippen molar-refractivity contribution < 1.29 is 9.53 Å². The number of hydrogen-bond acceptors (Lipinski definition) is 3. The molecule has 0 spiro atoms. The van der Waals surface area contributed by atoms with Gasteiger partial charge in [-0.2, -0.15) is 0 Å². The SMILES string of the molecule is COCC(C)CC(=O)N(C)CCN.